The van der Waals surface area contributed by atoms with Gasteiger partial charge < -0.3 is 19.9 Å². The number of pyridine rings is 1. The Labute approximate surface area is 122 Å². The summed E-state index contributed by atoms with van der Waals surface area (Å²) in [6.07, 6.45) is 2.45. The van der Waals surface area contributed by atoms with E-state index >= 15 is 0 Å². The van der Waals surface area contributed by atoms with E-state index in [1.165, 1.54) is 0 Å². The molecule has 1 amide bonds. The third-order valence-corrected chi connectivity index (χ3v) is 2.72. The van der Waals surface area contributed by atoms with Crippen LogP contribution >= 0.6 is 0 Å². The standard InChI is InChI=1S/C14H18N4O3/c1-10-8-13(18-21-10)17-14(19)11-4-6-16-12(9-11)15-5-3-7-20-2/h4,6,8-9H,3,5,7H2,1-2H3,(H,15,16)(H,17,18,19). The summed E-state index contributed by atoms with van der Waals surface area (Å²) in [5.41, 5.74) is 0.500. The van der Waals surface area contributed by atoms with Crippen molar-refractivity contribution in [1.82, 2.24) is 10.1 Å². The smallest absolute Gasteiger partial charge is 0.257 e. The number of carbonyl (C=O) groups excluding carboxylic acids is 1. The molecule has 0 fully saturated rings. The van der Waals surface area contributed by atoms with Gasteiger partial charge in [0.05, 0.1) is 0 Å². The fourth-order valence-electron chi connectivity index (χ4n) is 1.72. The van der Waals surface area contributed by atoms with Gasteiger partial charge in [0.2, 0.25) is 0 Å². The fraction of sp³-hybridized carbons (Fsp3) is 0.357. The van der Waals surface area contributed by atoms with Gasteiger partial charge in [-0.2, -0.15) is 0 Å². The third kappa shape index (κ3) is 4.57. The lowest BCUT2D eigenvalue weighted by Gasteiger charge is -2.07. The van der Waals surface area contributed by atoms with Crippen molar-refractivity contribution in [2.45, 2.75) is 13.3 Å². The molecule has 2 heterocycles. The largest absolute Gasteiger partial charge is 0.385 e. The number of nitrogens with one attached hydrogen (secondary N) is 2. The van der Waals surface area contributed by atoms with Gasteiger partial charge in [0, 0.05) is 38.1 Å². The van der Waals surface area contributed by atoms with E-state index in [2.05, 4.69) is 20.8 Å². The van der Waals surface area contributed by atoms with Crippen molar-refractivity contribution in [3.8, 4) is 0 Å². The number of rotatable bonds is 7. The van der Waals surface area contributed by atoms with Gasteiger partial charge >= 0.3 is 0 Å². The number of amides is 1. The van der Waals surface area contributed by atoms with E-state index in [1.54, 1.807) is 38.4 Å². The van der Waals surface area contributed by atoms with Crippen LogP contribution in [0.1, 0.15) is 22.5 Å². The van der Waals surface area contributed by atoms with Crippen molar-refractivity contribution in [3.63, 3.8) is 0 Å². The number of ether oxygens (including phenoxy) is 1. The van der Waals surface area contributed by atoms with E-state index in [1.807, 2.05) is 0 Å². The molecule has 0 aliphatic heterocycles. The molecule has 0 saturated heterocycles. The first-order chi connectivity index (χ1) is 10.2. The molecule has 7 nitrogen and oxygen atoms in total. The molecule has 0 unspecified atom stereocenters. The second kappa shape index (κ2) is 7.39. The first-order valence-corrected chi connectivity index (χ1v) is 6.62. The summed E-state index contributed by atoms with van der Waals surface area (Å²) in [5, 5.41) is 9.52. The summed E-state index contributed by atoms with van der Waals surface area (Å²) in [4.78, 5) is 16.2. The van der Waals surface area contributed by atoms with Crippen molar-refractivity contribution in [2.75, 3.05) is 30.9 Å². The molecule has 0 aliphatic rings. The van der Waals surface area contributed by atoms with E-state index in [0.29, 0.717) is 29.6 Å². The highest BCUT2D eigenvalue weighted by molar-refractivity contribution is 6.04. The number of aryl methyl sites for hydroxylation is 1. The fourth-order valence-corrected chi connectivity index (χ4v) is 1.72. The monoisotopic (exact) mass is 290 g/mol. The normalized spacial score (nSPS) is 10.4. The van der Waals surface area contributed by atoms with E-state index < -0.39 is 0 Å². The Morgan fingerprint density at radius 1 is 1.38 bits per heavy atom. The molecule has 2 aromatic rings. The SMILES string of the molecule is COCCCNc1cc(C(=O)Nc2cc(C)on2)ccn1. The van der Waals surface area contributed by atoms with Crippen LogP contribution in [0.4, 0.5) is 11.6 Å². The highest BCUT2D eigenvalue weighted by Gasteiger charge is 2.09. The predicted molar refractivity (Wildman–Crippen MR) is 78.4 cm³/mol. The molecule has 21 heavy (non-hydrogen) atoms. The number of hydrogen-bond donors (Lipinski definition) is 2. The molecule has 0 spiro atoms. The van der Waals surface area contributed by atoms with Crippen LogP contribution in [0, 0.1) is 6.92 Å². The molecular weight excluding hydrogens is 272 g/mol. The minimum absolute atomic E-state index is 0.259. The van der Waals surface area contributed by atoms with Crippen LogP contribution in [0.25, 0.3) is 0 Å². The van der Waals surface area contributed by atoms with Crippen molar-refractivity contribution >= 4 is 17.5 Å². The zero-order valence-electron chi connectivity index (χ0n) is 12.0. The maximum Gasteiger partial charge on any atom is 0.257 e. The molecule has 2 N–H and O–H groups in total. The Hall–Kier alpha value is -2.41. The Morgan fingerprint density at radius 2 is 2.24 bits per heavy atom. The van der Waals surface area contributed by atoms with Crippen LogP contribution in [0.15, 0.2) is 28.9 Å². The first-order valence-electron chi connectivity index (χ1n) is 6.62. The molecule has 0 aliphatic carbocycles. The molecule has 0 atom stereocenters. The van der Waals surface area contributed by atoms with Crippen molar-refractivity contribution in [3.05, 3.63) is 35.7 Å². The number of methoxy groups -OCH3 is 1. The number of aromatic nitrogens is 2. The highest BCUT2D eigenvalue weighted by Crippen LogP contribution is 2.11. The summed E-state index contributed by atoms with van der Waals surface area (Å²) in [5.74, 6) is 1.42. The van der Waals surface area contributed by atoms with Crippen molar-refractivity contribution in [2.24, 2.45) is 0 Å². The van der Waals surface area contributed by atoms with Gasteiger partial charge in [0.25, 0.3) is 5.91 Å². The maximum absolute atomic E-state index is 12.1. The summed E-state index contributed by atoms with van der Waals surface area (Å²) in [6, 6.07) is 4.99. The van der Waals surface area contributed by atoms with E-state index in [0.717, 1.165) is 13.0 Å². The molecule has 112 valence electrons. The number of anilines is 2. The lowest BCUT2D eigenvalue weighted by molar-refractivity contribution is 0.102. The molecule has 0 radical (unpaired) electrons. The number of hydrogen-bond acceptors (Lipinski definition) is 6. The number of nitrogens with zero attached hydrogens (tertiary/aromatic N) is 2. The topological polar surface area (TPSA) is 89.3 Å². The van der Waals surface area contributed by atoms with Gasteiger partial charge in [-0.1, -0.05) is 5.16 Å². The summed E-state index contributed by atoms with van der Waals surface area (Å²) >= 11 is 0. The predicted octanol–water partition coefficient (Wildman–Crippen LogP) is 2.08. The van der Waals surface area contributed by atoms with Crippen LogP contribution < -0.4 is 10.6 Å². The van der Waals surface area contributed by atoms with E-state index in [9.17, 15) is 4.79 Å². The molecule has 0 saturated carbocycles. The molecule has 2 aromatic heterocycles. The van der Waals surface area contributed by atoms with Crippen LogP contribution in [-0.2, 0) is 4.74 Å². The summed E-state index contributed by atoms with van der Waals surface area (Å²) < 4.78 is 9.87. The van der Waals surface area contributed by atoms with E-state index in [-0.39, 0.29) is 5.91 Å². The minimum atomic E-state index is -0.259. The van der Waals surface area contributed by atoms with Crippen LogP contribution in [-0.4, -0.2) is 36.3 Å². The zero-order chi connectivity index (χ0) is 15.1. The van der Waals surface area contributed by atoms with Gasteiger partial charge in [0.1, 0.15) is 11.6 Å². The molecule has 7 heteroatoms. The summed E-state index contributed by atoms with van der Waals surface area (Å²) in [6.45, 7) is 3.17. The van der Waals surface area contributed by atoms with Gasteiger partial charge in [-0.15, -0.1) is 0 Å². The van der Waals surface area contributed by atoms with Crippen molar-refractivity contribution in [1.29, 1.82) is 0 Å². The average molecular weight is 290 g/mol. The second-order valence-corrected chi connectivity index (χ2v) is 4.48. The van der Waals surface area contributed by atoms with Gasteiger partial charge in [-0.3, -0.25) is 4.79 Å². The Kier molecular flexibility index (Phi) is 5.28. The summed E-state index contributed by atoms with van der Waals surface area (Å²) in [7, 11) is 1.66. The van der Waals surface area contributed by atoms with Crippen LogP contribution in [0.5, 0.6) is 0 Å². The molecule has 2 rings (SSSR count). The van der Waals surface area contributed by atoms with Gasteiger partial charge in [0.15, 0.2) is 5.82 Å². The molecular formula is C14H18N4O3. The quantitative estimate of drug-likeness (QED) is 0.759. The Bertz CT molecular complexity index is 597. The minimum Gasteiger partial charge on any atom is -0.385 e. The van der Waals surface area contributed by atoms with Gasteiger partial charge in [-0.25, -0.2) is 4.98 Å². The van der Waals surface area contributed by atoms with Crippen LogP contribution in [0.3, 0.4) is 0 Å². The molecule has 0 aromatic carbocycles. The first kappa shape index (κ1) is 15.0. The lowest BCUT2D eigenvalue weighted by atomic mass is 10.2. The van der Waals surface area contributed by atoms with Gasteiger partial charge in [-0.05, 0) is 25.5 Å². The maximum atomic E-state index is 12.1. The van der Waals surface area contributed by atoms with Crippen LogP contribution in [0.2, 0.25) is 0 Å². The molecule has 0 bridgehead atoms. The highest BCUT2D eigenvalue weighted by atomic mass is 16.5. The average Bonchev–Trinajstić information content (AvgIpc) is 2.89. The Balaban J connectivity index is 1.94. The zero-order valence-corrected chi connectivity index (χ0v) is 12.0. The number of carbonyl (C=O) groups is 1. The third-order valence-electron chi connectivity index (χ3n) is 2.72. The lowest BCUT2D eigenvalue weighted by Crippen LogP contribution is -2.13. The van der Waals surface area contributed by atoms with Crippen molar-refractivity contribution < 1.29 is 14.1 Å². The second-order valence-electron chi connectivity index (χ2n) is 4.48. The van der Waals surface area contributed by atoms with E-state index in [4.69, 9.17) is 9.26 Å². The Morgan fingerprint density at radius 3 is 2.95 bits per heavy atom.